The van der Waals surface area contributed by atoms with E-state index in [1.54, 1.807) is 24.3 Å². The molecule has 0 aliphatic carbocycles. The van der Waals surface area contributed by atoms with Crippen LogP contribution in [-0.4, -0.2) is 52.9 Å². The van der Waals surface area contributed by atoms with Crippen molar-refractivity contribution < 1.29 is 60.2 Å². The molecule has 51 heavy (non-hydrogen) atoms. The van der Waals surface area contributed by atoms with E-state index in [4.69, 9.17) is 9.31 Å². The molecular formula is C32H34B2F4N6O7. The number of rotatable bonds is 6. The van der Waals surface area contributed by atoms with Crippen LogP contribution < -0.4 is 19.6 Å². The summed E-state index contributed by atoms with van der Waals surface area (Å²) < 4.78 is 69.0. The van der Waals surface area contributed by atoms with E-state index in [1.807, 2.05) is 0 Å². The minimum Gasteiger partial charge on any atom is -0.626 e. The number of pyridine rings is 4. The van der Waals surface area contributed by atoms with Gasteiger partial charge in [0.25, 0.3) is 11.3 Å². The van der Waals surface area contributed by atoms with Crippen LogP contribution in [0.25, 0.3) is 34.2 Å². The molecule has 4 aromatic rings. The number of amides is 2. The third-order valence-corrected chi connectivity index (χ3v) is 7.54. The molecule has 0 unspecified atom stereocenters. The summed E-state index contributed by atoms with van der Waals surface area (Å²) in [6.45, 7) is 8.34. The Hall–Kier alpha value is -5.71. The van der Waals surface area contributed by atoms with Crippen molar-refractivity contribution in [1.82, 2.24) is 9.97 Å². The standard InChI is InChI=1S/2C16H16BF2N3O3.H2O/c2*1-9(23)6-12-8-13-7-10(2)25-17(18,19)22(13)16-14(12)4-5-15(21-16)20-11(3)24;/h2*4-5,7-8H,6H2,1-3H3,(H,20,21,24);1H2. The van der Waals surface area contributed by atoms with E-state index in [9.17, 15) is 36.4 Å². The van der Waals surface area contributed by atoms with Gasteiger partial charge in [-0.1, -0.05) is 0 Å². The summed E-state index contributed by atoms with van der Waals surface area (Å²) in [5.74, 6) is -0.471. The third-order valence-electron chi connectivity index (χ3n) is 7.54. The minimum atomic E-state index is -4.37. The number of aromatic nitrogens is 4. The molecule has 6 rings (SSSR count). The van der Waals surface area contributed by atoms with Crippen molar-refractivity contribution in [2.45, 2.75) is 54.4 Å². The summed E-state index contributed by atoms with van der Waals surface area (Å²) in [5, 5.41) is 5.77. The second kappa shape index (κ2) is 14.3. The Kier molecular flexibility index (Phi) is 10.7. The quantitative estimate of drug-likeness (QED) is 0.225. The number of carbonyl (C=O) groups excluding carboxylic acids is 4. The van der Waals surface area contributed by atoms with Crippen LogP contribution in [0.2, 0.25) is 0 Å². The lowest BCUT2D eigenvalue weighted by atomic mass is 9.95. The molecule has 6 heterocycles. The van der Waals surface area contributed by atoms with Gasteiger partial charge in [-0.25, -0.2) is 0 Å². The Morgan fingerprint density at radius 2 is 1.02 bits per heavy atom. The first-order valence-electron chi connectivity index (χ1n) is 15.4. The molecule has 2 aliphatic heterocycles. The molecule has 0 radical (unpaired) electrons. The monoisotopic (exact) mass is 712 g/mol. The summed E-state index contributed by atoms with van der Waals surface area (Å²) in [7, 11) is -8.75. The normalized spacial score (nSPS) is 14.9. The summed E-state index contributed by atoms with van der Waals surface area (Å²) >= 11 is 0. The number of hydrogen-bond acceptors (Lipinski definition) is 8. The van der Waals surface area contributed by atoms with Crippen molar-refractivity contribution in [3.8, 4) is 0 Å². The predicted octanol–water partition coefficient (Wildman–Crippen LogP) is 3.63. The van der Waals surface area contributed by atoms with Gasteiger partial charge in [0.1, 0.15) is 11.6 Å². The Morgan fingerprint density at radius 3 is 1.33 bits per heavy atom. The van der Waals surface area contributed by atoms with Crippen LogP contribution in [-0.2, 0) is 41.3 Å². The SMILES string of the molecule is CC(=O)Cc1cc2[n+](c3nc(NC(C)=O)ccc13)[B-](F)(F)OC(C)=C2.CC(=O)Cc1cc2[n+](c3nc(NC(C)=O)ccc13)[B-](F)(F)OC(C)=C2.O. The highest BCUT2D eigenvalue weighted by Gasteiger charge is 2.46. The van der Waals surface area contributed by atoms with Gasteiger partial charge < -0.3 is 41.0 Å². The number of carbonyl (C=O) groups is 4. The van der Waals surface area contributed by atoms with Crippen LogP contribution in [0.15, 0.2) is 47.9 Å². The van der Waals surface area contributed by atoms with Gasteiger partial charge in [-0.2, -0.15) is 0 Å². The maximum atomic E-state index is 14.5. The van der Waals surface area contributed by atoms with Gasteiger partial charge in [0.2, 0.25) is 23.5 Å². The van der Waals surface area contributed by atoms with Crippen LogP contribution >= 0.6 is 0 Å². The number of fused-ring (bicyclic) bond motifs is 6. The number of anilines is 2. The van der Waals surface area contributed by atoms with Gasteiger partial charge in [-0.15, -0.1) is 0 Å². The molecule has 2 amide bonds. The molecule has 4 aromatic heterocycles. The van der Waals surface area contributed by atoms with E-state index < -0.39 is 14.1 Å². The van der Waals surface area contributed by atoms with Gasteiger partial charge in [-0.05, 0) is 73.1 Å². The van der Waals surface area contributed by atoms with Crippen molar-refractivity contribution in [1.29, 1.82) is 0 Å². The number of nitrogens with zero attached hydrogens (tertiary/aromatic N) is 4. The average Bonchev–Trinajstić information content (AvgIpc) is 2.94. The first-order chi connectivity index (χ1) is 23.3. The number of hydrogen-bond donors (Lipinski definition) is 2. The molecule has 0 saturated carbocycles. The fourth-order valence-corrected chi connectivity index (χ4v) is 5.88. The number of nitrogens with one attached hydrogen (secondary N) is 2. The lowest BCUT2D eigenvalue weighted by molar-refractivity contribution is -0.560. The molecule has 0 fully saturated rings. The highest BCUT2D eigenvalue weighted by Crippen LogP contribution is 2.28. The van der Waals surface area contributed by atoms with Crippen molar-refractivity contribution in [3.05, 3.63) is 70.4 Å². The average molecular weight is 712 g/mol. The van der Waals surface area contributed by atoms with E-state index in [0.717, 1.165) is 8.96 Å². The van der Waals surface area contributed by atoms with Gasteiger partial charge in [-0.3, -0.25) is 29.8 Å². The first kappa shape index (κ1) is 38.1. The van der Waals surface area contributed by atoms with E-state index in [-0.39, 0.29) is 87.5 Å². The molecule has 0 atom stereocenters. The zero-order valence-corrected chi connectivity index (χ0v) is 28.4. The van der Waals surface area contributed by atoms with Gasteiger partial charge in [0.15, 0.2) is 0 Å². The fourth-order valence-electron chi connectivity index (χ4n) is 5.88. The number of Topliss-reactive ketones (excluding diaryl/α,β-unsaturated/α-hetero) is 2. The third kappa shape index (κ3) is 8.20. The minimum absolute atomic E-state index is 0. The van der Waals surface area contributed by atoms with Crippen LogP contribution in [0.5, 0.6) is 0 Å². The lowest BCUT2D eigenvalue weighted by Crippen LogP contribution is -2.64. The zero-order chi connectivity index (χ0) is 36.7. The fraction of sp³-hybridized carbons (Fsp3) is 0.250. The molecule has 4 N–H and O–H groups in total. The van der Waals surface area contributed by atoms with E-state index in [2.05, 4.69) is 20.6 Å². The summed E-state index contributed by atoms with van der Waals surface area (Å²) in [5.41, 5.74) is 1.49. The lowest BCUT2D eigenvalue weighted by Gasteiger charge is -2.30. The second-order valence-corrected chi connectivity index (χ2v) is 12.1. The summed E-state index contributed by atoms with van der Waals surface area (Å²) in [4.78, 5) is 53.9. The topological polar surface area (TPSA) is 176 Å². The van der Waals surface area contributed by atoms with Gasteiger partial charge in [0, 0.05) is 51.0 Å². The number of allylic oxidation sites excluding steroid dienone is 2. The van der Waals surface area contributed by atoms with Crippen LogP contribution in [0, 0.1) is 0 Å². The van der Waals surface area contributed by atoms with Crippen molar-refractivity contribution >= 4 is 83.3 Å². The van der Waals surface area contributed by atoms with Crippen LogP contribution in [0.4, 0.5) is 28.9 Å². The van der Waals surface area contributed by atoms with Crippen molar-refractivity contribution in [3.63, 3.8) is 0 Å². The van der Waals surface area contributed by atoms with Gasteiger partial charge in [0.05, 0.1) is 33.7 Å². The summed E-state index contributed by atoms with van der Waals surface area (Å²) in [6, 6.07) is 9.25. The number of halogens is 4. The van der Waals surface area contributed by atoms with Crippen molar-refractivity contribution in [2.24, 2.45) is 0 Å². The van der Waals surface area contributed by atoms with Gasteiger partial charge >= 0.3 is 14.1 Å². The first-order valence-corrected chi connectivity index (χ1v) is 15.4. The summed E-state index contributed by atoms with van der Waals surface area (Å²) in [6.07, 6.45) is 3.12. The Balaban J connectivity index is 0.000000224. The van der Waals surface area contributed by atoms with E-state index in [1.165, 1.54) is 65.8 Å². The van der Waals surface area contributed by atoms with E-state index >= 15 is 0 Å². The Morgan fingerprint density at radius 1 is 0.667 bits per heavy atom. The van der Waals surface area contributed by atoms with Crippen LogP contribution in [0.3, 0.4) is 0 Å². The maximum Gasteiger partial charge on any atom is 0.734 e. The molecule has 0 aromatic carbocycles. The van der Waals surface area contributed by atoms with E-state index in [0.29, 0.717) is 21.9 Å². The Labute approximate surface area is 288 Å². The highest BCUT2D eigenvalue weighted by atomic mass is 19.3. The number of ketones is 2. The van der Waals surface area contributed by atoms with Crippen LogP contribution in [0.1, 0.15) is 64.1 Å². The highest BCUT2D eigenvalue weighted by molar-refractivity contribution is 6.51. The molecular weight excluding hydrogens is 678 g/mol. The van der Waals surface area contributed by atoms with Crippen molar-refractivity contribution in [2.75, 3.05) is 10.6 Å². The smallest absolute Gasteiger partial charge is 0.626 e. The molecule has 13 nitrogen and oxygen atoms in total. The predicted molar refractivity (Wildman–Crippen MR) is 181 cm³/mol. The molecule has 0 spiro atoms. The Bertz CT molecular complexity index is 2040. The molecule has 19 heteroatoms. The maximum absolute atomic E-state index is 14.5. The molecule has 268 valence electrons. The second-order valence-electron chi connectivity index (χ2n) is 12.1. The molecule has 0 bridgehead atoms. The molecule has 2 aliphatic rings. The molecule has 0 saturated heterocycles. The zero-order valence-electron chi connectivity index (χ0n) is 28.4. The largest absolute Gasteiger partial charge is 0.734 e.